The molecule has 1 aromatic heterocycles. The molecule has 0 radical (unpaired) electrons. The first kappa shape index (κ1) is 24.9. The van der Waals surface area contributed by atoms with Crippen molar-refractivity contribution in [1.82, 2.24) is 15.6 Å². The zero-order chi connectivity index (χ0) is 20.9. The Morgan fingerprint density at radius 1 is 1.17 bits per heavy atom. The summed E-state index contributed by atoms with van der Waals surface area (Å²) in [5, 5.41) is 8.25. The van der Waals surface area contributed by atoms with E-state index in [1.165, 1.54) is 7.05 Å². The number of guanidine groups is 1. The third kappa shape index (κ3) is 7.02. The van der Waals surface area contributed by atoms with E-state index < -0.39 is 47.5 Å². The van der Waals surface area contributed by atoms with Crippen molar-refractivity contribution in [2.24, 2.45) is 4.99 Å². The highest BCUT2D eigenvalue weighted by Crippen LogP contribution is 2.29. The van der Waals surface area contributed by atoms with Crippen LogP contribution < -0.4 is 16.0 Å². The van der Waals surface area contributed by atoms with Crippen LogP contribution in [-0.2, 0) is 17.5 Å². The summed E-state index contributed by atoms with van der Waals surface area (Å²) in [4.78, 5) is 19.0. The standard InChI is InChI=1S/C15H13F6N5OS.HI/c1-22-14(24-5-11-26-9(6-28-11)15(19,20)21)23-4-10(27)25-8-3-2-7(16)12(17)13(8)18;/h2-3,6H,4-5H2,1H3,(H,25,27)(H2,22,23,24);1H. The molecule has 0 spiro atoms. The fourth-order valence-electron chi connectivity index (χ4n) is 1.88. The normalized spacial score (nSPS) is 11.6. The van der Waals surface area contributed by atoms with Gasteiger partial charge in [-0.25, -0.2) is 18.2 Å². The van der Waals surface area contributed by atoms with E-state index >= 15 is 0 Å². The molecule has 2 rings (SSSR count). The molecule has 0 saturated carbocycles. The molecule has 0 unspecified atom stereocenters. The topological polar surface area (TPSA) is 78.4 Å². The van der Waals surface area contributed by atoms with Crippen LogP contribution in [0.3, 0.4) is 0 Å². The maximum absolute atomic E-state index is 13.5. The van der Waals surface area contributed by atoms with Gasteiger partial charge in [0.15, 0.2) is 29.1 Å². The predicted octanol–water partition coefficient (Wildman–Crippen LogP) is 3.50. The van der Waals surface area contributed by atoms with Gasteiger partial charge in [0.05, 0.1) is 18.8 Å². The van der Waals surface area contributed by atoms with E-state index in [-0.39, 0.29) is 41.5 Å². The van der Waals surface area contributed by atoms with Crippen molar-refractivity contribution in [3.05, 3.63) is 45.7 Å². The van der Waals surface area contributed by atoms with Crippen LogP contribution in [0.25, 0.3) is 0 Å². The monoisotopic (exact) mass is 553 g/mol. The summed E-state index contributed by atoms with van der Waals surface area (Å²) in [5.74, 6) is -5.38. The fourth-order valence-corrected chi connectivity index (χ4v) is 2.62. The molecule has 0 aliphatic heterocycles. The molecular formula is C15H14F6IN5OS. The fraction of sp³-hybridized carbons (Fsp3) is 0.267. The Hall–Kier alpha value is -2.10. The zero-order valence-electron chi connectivity index (χ0n) is 14.5. The lowest BCUT2D eigenvalue weighted by Crippen LogP contribution is -2.41. The van der Waals surface area contributed by atoms with Gasteiger partial charge in [-0.1, -0.05) is 0 Å². The minimum absolute atomic E-state index is 0. The Kier molecular flexibility index (Phi) is 9.13. The molecule has 2 aromatic rings. The molecule has 0 fully saturated rings. The maximum atomic E-state index is 13.5. The Morgan fingerprint density at radius 2 is 1.86 bits per heavy atom. The molecule has 160 valence electrons. The van der Waals surface area contributed by atoms with Gasteiger partial charge in [-0.2, -0.15) is 13.2 Å². The van der Waals surface area contributed by atoms with E-state index in [4.69, 9.17) is 0 Å². The van der Waals surface area contributed by atoms with Crippen LogP contribution in [0.15, 0.2) is 22.5 Å². The third-order valence-corrected chi connectivity index (χ3v) is 4.05. The van der Waals surface area contributed by atoms with Crippen molar-refractivity contribution in [1.29, 1.82) is 0 Å². The lowest BCUT2D eigenvalue weighted by Gasteiger charge is -2.11. The largest absolute Gasteiger partial charge is 0.434 e. The minimum Gasteiger partial charge on any atom is -0.350 e. The van der Waals surface area contributed by atoms with E-state index in [0.29, 0.717) is 6.07 Å². The Morgan fingerprint density at radius 3 is 2.45 bits per heavy atom. The van der Waals surface area contributed by atoms with Crippen molar-refractivity contribution >= 4 is 52.9 Å². The van der Waals surface area contributed by atoms with Gasteiger partial charge < -0.3 is 16.0 Å². The van der Waals surface area contributed by atoms with Crippen LogP contribution in [0, 0.1) is 17.5 Å². The Labute approximate surface area is 181 Å². The molecule has 1 amide bonds. The van der Waals surface area contributed by atoms with Crippen LogP contribution in [-0.4, -0.2) is 30.4 Å². The van der Waals surface area contributed by atoms with Crippen LogP contribution >= 0.6 is 35.3 Å². The number of amides is 1. The molecule has 0 bridgehead atoms. The van der Waals surface area contributed by atoms with Crippen LogP contribution in [0.1, 0.15) is 10.7 Å². The molecular weight excluding hydrogens is 539 g/mol. The Balaban J connectivity index is 0.00000420. The van der Waals surface area contributed by atoms with Gasteiger partial charge in [0.1, 0.15) is 5.01 Å². The van der Waals surface area contributed by atoms with Crippen LogP contribution in [0.4, 0.5) is 32.0 Å². The number of nitrogens with zero attached hydrogens (tertiary/aromatic N) is 2. The van der Waals surface area contributed by atoms with E-state index in [2.05, 4.69) is 25.9 Å². The summed E-state index contributed by atoms with van der Waals surface area (Å²) in [6, 6.07) is 1.52. The number of carbonyl (C=O) groups is 1. The minimum atomic E-state index is -4.54. The number of hydrogen-bond acceptors (Lipinski definition) is 4. The zero-order valence-corrected chi connectivity index (χ0v) is 17.7. The molecule has 14 heteroatoms. The van der Waals surface area contributed by atoms with Crippen LogP contribution in [0.5, 0.6) is 0 Å². The van der Waals surface area contributed by atoms with Gasteiger partial charge in [-0.3, -0.25) is 9.79 Å². The quantitative estimate of drug-likeness (QED) is 0.174. The highest BCUT2D eigenvalue weighted by molar-refractivity contribution is 14.0. The number of thiazole rings is 1. The maximum Gasteiger partial charge on any atom is 0.434 e. The van der Waals surface area contributed by atoms with Crippen LogP contribution in [0.2, 0.25) is 0 Å². The molecule has 1 aromatic carbocycles. The first-order chi connectivity index (χ1) is 13.1. The molecule has 0 aliphatic carbocycles. The van der Waals surface area contributed by atoms with E-state index in [0.717, 1.165) is 22.8 Å². The molecule has 0 saturated heterocycles. The Bertz CT molecular complexity index is 889. The second-order valence-corrected chi connectivity index (χ2v) is 6.12. The van der Waals surface area contributed by atoms with E-state index in [1.807, 2.05) is 0 Å². The number of hydrogen-bond donors (Lipinski definition) is 3. The molecule has 1 heterocycles. The molecule has 0 aliphatic rings. The number of aliphatic imine (C=N–C) groups is 1. The summed E-state index contributed by atoms with van der Waals surface area (Å²) >= 11 is 0.796. The SMILES string of the molecule is CN=C(NCC(=O)Nc1ccc(F)c(F)c1F)NCc1nc(C(F)(F)F)cs1.I. The molecule has 6 nitrogen and oxygen atoms in total. The molecule has 29 heavy (non-hydrogen) atoms. The first-order valence-corrected chi connectivity index (χ1v) is 8.39. The lowest BCUT2D eigenvalue weighted by molar-refractivity contribution is -0.140. The van der Waals surface area contributed by atoms with Gasteiger partial charge in [0, 0.05) is 12.4 Å². The van der Waals surface area contributed by atoms with E-state index in [1.54, 1.807) is 0 Å². The first-order valence-electron chi connectivity index (χ1n) is 7.51. The second-order valence-electron chi connectivity index (χ2n) is 5.17. The summed E-state index contributed by atoms with van der Waals surface area (Å²) in [5.41, 5.74) is -1.55. The number of benzene rings is 1. The highest BCUT2D eigenvalue weighted by Gasteiger charge is 2.33. The van der Waals surface area contributed by atoms with Crippen molar-refractivity contribution in [2.45, 2.75) is 12.7 Å². The predicted molar refractivity (Wildman–Crippen MR) is 106 cm³/mol. The number of alkyl halides is 3. The number of aromatic nitrogens is 1. The van der Waals surface area contributed by atoms with Crippen molar-refractivity contribution < 1.29 is 31.1 Å². The summed E-state index contributed by atoms with van der Waals surface area (Å²) in [6.07, 6.45) is -4.54. The second kappa shape index (κ2) is 10.6. The van der Waals surface area contributed by atoms with Gasteiger partial charge >= 0.3 is 6.18 Å². The van der Waals surface area contributed by atoms with Gasteiger partial charge in [0.25, 0.3) is 0 Å². The third-order valence-electron chi connectivity index (χ3n) is 3.20. The number of anilines is 1. The molecule has 0 atom stereocenters. The summed E-state index contributed by atoms with van der Waals surface area (Å²) in [6.45, 7) is -0.510. The number of carbonyl (C=O) groups excluding carboxylic acids is 1. The number of nitrogens with one attached hydrogen (secondary N) is 3. The van der Waals surface area contributed by atoms with Crippen molar-refractivity contribution in [3.63, 3.8) is 0 Å². The van der Waals surface area contributed by atoms with Crippen molar-refractivity contribution in [3.8, 4) is 0 Å². The summed E-state index contributed by atoms with van der Waals surface area (Å²) < 4.78 is 77.0. The molecule has 3 N–H and O–H groups in total. The highest BCUT2D eigenvalue weighted by atomic mass is 127. The average Bonchev–Trinajstić information content (AvgIpc) is 3.12. The van der Waals surface area contributed by atoms with Crippen molar-refractivity contribution in [2.75, 3.05) is 18.9 Å². The van der Waals surface area contributed by atoms with Gasteiger partial charge in [-0.05, 0) is 12.1 Å². The van der Waals surface area contributed by atoms with Gasteiger partial charge in [0.2, 0.25) is 5.91 Å². The average molecular weight is 553 g/mol. The number of halogens is 7. The number of rotatable bonds is 5. The lowest BCUT2D eigenvalue weighted by atomic mass is 10.2. The summed E-state index contributed by atoms with van der Waals surface area (Å²) in [7, 11) is 1.35. The van der Waals surface area contributed by atoms with E-state index in [9.17, 15) is 31.1 Å². The smallest absolute Gasteiger partial charge is 0.350 e. The van der Waals surface area contributed by atoms with Gasteiger partial charge in [-0.15, -0.1) is 35.3 Å².